The van der Waals surface area contributed by atoms with E-state index in [9.17, 15) is 5.11 Å². The fourth-order valence-electron chi connectivity index (χ4n) is 1.71. The highest BCUT2D eigenvalue weighted by molar-refractivity contribution is 5.39. The van der Waals surface area contributed by atoms with Crippen molar-refractivity contribution in [1.29, 1.82) is 0 Å². The topological polar surface area (TPSA) is 59.7 Å². The molecule has 18 heavy (non-hydrogen) atoms. The Kier molecular flexibility index (Phi) is 2.57. The van der Waals surface area contributed by atoms with Crippen LogP contribution in [0, 0.1) is 0 Å². The number of nitrogens with zero attached hydrogens (tertiary/aromatic N) is 3. The lowest BCUT2D eigenvalue weighted by molar-refractivity contribution is 0.279. The van der Waals surface area contributed by atoms with Crippen LogP contribution < -0.4 is 4.74 Å². The summed E-state index contributed by atoms with van der Waals surface area (Å²) < 4.78 is 7.36. The summed E-state index contributed by atoms with van der Waals surface area (Å²) in [5.41, 5.74) is 0.772. The zero-order valence-electron chi connectivity index (χ0n) is 9.52. The first-order chi connectivity index (χ1) is 8.84. The van der Waals surface area contributed by atoms with Crippen molar-refractivity contribution in [3.05, 3.63) is 54.5 Å². The van der Waals surface area contributed by atoms with Crippen molar-refractivity contribution >= 4 is 5.65 Å². The van der Waals surface area contributed by atoms with E-state index < -0.39 is 0 Å². The summed E-state index contributed by atoms with van der Waals surface area (Å²) in [4.78, 5) is 0. The molecule has 2 heterocycles. The highest BCUT2D eigenvalue weighted by Gasteiger charge is 2.06. The van der Waals surface area contributed by atoms with Gasteiger partial charge in [-0.3, -0.25) is 4.40 Å². The number of aromatic nitrogens is 3. The molecule has 3 aromatic rings. The predicted octanol–water partition coefficient (Wildman–Crippen LogP) is 2.01. The molecule has 5 nitrogen and oxygen atoms in total. The molecule has 0 fully saturated rings. The number of aromatic hydroxyl groups is 1. The largest absolute Gasteiger partial charge is 0.504 e. The average Bonchev–Trinajstić information content (AvgIpc) is 2.81. The molecule has 0 amide bonds. The lowest BCUT2D eigenvalue weighted by Gasteiger charge is -2.06. The van der Waals surface area contributed by atoms with Crippen LogP contribution in [0.5, 0.6) is 11.5 Å². The van der Waals surface area contributed by atoms with Gasteiger partial charge in [0.1, 0.15) is 6.61 Å². The van der Waals surface area contributed by atoms with Crippen LogP contribution in [-0.4, -0.2) is 19.7 Å². The maximum atomic E-state index is 9.58. The Morgan fingerprint density at radius 1 is 1.06 bits per heavy atom. The van der Waals surface area contributed by atoms with Gasteiger partial charge in [-0.05, 0) is 24.3 Å². The number of phenolic OH excluding ortho intramolecular Hbond substituents is 1. The molecule has 0 atom stereocenters. The third-order valence-electron chi connectivity index (χ3n) is 2.61. The van der Waals surface area contributed by atoms with E-state index in [-0.39, 0.29) is 12.4 Å². The van der Waals surface area contributed by atoms with Crippen molar-refractivity contribution in [3.8, 4) is 11.5 Å². The molecule has 3 rings (SSSR count). The molecule has 0 bridgehead atoms. The van der Waals surface area contributed by atoms with Crippen molar-refractivity contribution in [2.75, 3.05) is 0 Å². The van der Waals surface area contributed by atoms with Crippen LogP contribution >= 0.6 is 0 Å². The third kappa shape index (κ3) is 1.86. The van der Waals surface area contributed by atoms with Gasteiger partial charge in [-0.2, -0.15) is 0 Å². The fourth-order valence-corrected chi connectivity index (χ4v) is 1.71. The fraction of sp³-hybridized carbons (Fsp3) is 0.0769. The number of fused-ring (bicyclic) bond motifs is 1. The van der Waals surface area contributed by atoms with E-state index in [2.05, 4.69) is 10.2 Å². The summed E-state index contributed by atoms with van der Waals surface area (Å²) in [5.74, 6) is 1.24. The van der Waals surface area contributed by atoms with Crippen LogP contribution in [0.4, 0.5) is 0 Å². The SMILES string of the molecule is Oc1ccccc1OCc1nnc2ccccn12. The highest BCUT2D eigenvalue weighted by Crippen LogP contribution is 2.25. The molecule has 5 heteroatoms. The Labute approximate surface area is 103 Å². The summed E-state index contributed by atoms with van der Waals surface area (Å²) in [6, 6.07) is 12.5. The first-order valence-electron chi connectivity index (χ1n) is 5.54. The van der Waals surface area contributed by atoms with Crippen LogP contribution in [0.3, 0.4) is 0 Å². The van der Waals surface area contributed by atoms with E-state index in [0.29, 0.717) is 11.6 Å². The van der Waals surface area contributed by atoms with Gasteiger partial charge in [0.2, 0.25) is 0 Å². The first-order valence-corrected chi connectivity index (χ1v) is 5.54. The standard InChI is InChI=1S/C13H11N3O2/c17-10-5-1-2-6-11(10)18-9-13-15-14-12-7-3-4-8-16(12)13/h1-8,17H,9H2. The molecule has 2 aromatic heterocycles. The van der Waals surface area contributed by atoms with Crippen molar-refractivity contribution < 1.29 is 9.84 Å². The van der Waals surface area contributed by atoms with E-state index >= 15 is 0 Å². The molecule has 0 aliphatic carbocycles. The Bertz CT molecular complexity index is 679. The predicted molar refractivity (Wildman–Crippen MR) is 65.4 cm³/mol. The third-order valence-corrected chi connectivity index (χ3v) is 2.61. The van der Waals surface area contributed by atoms with Crippen LogP contribution in [0.25, 0.3) is 5.65 Å². The van der Waals surface area contributed by atoms with Gasteiger partial charge in [0.25, 0.3) is 0 Å². The van der Waals surface area contributed by atoms with E-state index in [1.165, 1.54) is 0 Å². The molecule has 0 saturated carbocycles. The smallest absolute Gasteiger partial charge is 0.175 e. The lowest BCUT2D eigenvalue weighted by Crippen LogP contribution is -2.01. The molecular weight excluding hydrogens is 230 g/mol. The number of rotatable bonds is 3. The van der Waals surface area contributed by atoms with Gasteiger partial charge in [0, 0.05) is 6.20 Å². The minimum atomic E-state index is 0.117. The van der Waals surface area contributed by atoms with Gasteiger partial charge in [-0.25, -0.2) is 0 Å². The van der Waals surface area contributed by atoms with Crippen molar-refractivity contribution in [3.63, 3.8) is 0 Å². The second-order valence-corrected chi connectivity index (χ2v) is 3.80. The Morgan fingerprint density at radius 3 is 2.78 bits per heavy atom. The Balaban J connectivity index is 1.83. The number of para-hydroxylation sites is 2. The lowest BCUT2D eigenvalue weighted by atomic mass is 10.3. The maximum Gasteiger partial charge on any atom is 0.175 e. The van der Waals surface area contributed by atoms with Crippen LogP contribution in [0.15, 0.2) is 48.7 Å². The minimum Gasteiger partial charge on any atom is -0.504 e. The van der Waals surface area contributed by atoms with Gasteiger partial charge in [0.05, 0.1) is 0 Å². The molecule has 0 radical (unpaired) electrons. The van der Waals surface area contributed by atoms with Gasteiger partial charge in [-0.1, -0.05) is 18.2 Å². The molecule has 0 aliphatic heterocycles. The number of hydrogen-bond donors (Lipinski definition) is 1. The zero-order valence-corrected chi connectivity index (χ0v) is 9.52. The Morgan fingerprint density at radius 2 is 1.89 bits per heavy atom. The summed E-state index contributed by atoms with van der Waals surface area (Å²) in [7, 11) is 0. The number of ether oxygens (including phenoxy) is 1. The molecule has 0 aliphatic rings. The Hall–Kier alpha value is -2.56. The summed E-state index contributed by atoms with van der Waals surface area (Å²) in [6.45, 7) is 0.253. The maximum absolute atomic E-state index is 9.58. The molecule has 90 valence electrons. The van der Waals surface area contributed by atoms with Crippen LogP contribution in [0.2, 0.25) is 0 Å². The molecular formula is C13H11N3O2. The van der Waals surface area contributed by atoms with E-state index in [1.807, 2.05) is 28.8 Å². The van der Waals surface area contributed by atoms with Gasteiger partial charge in [0.15, 0.2) is 23.0 Å². The van der Waals surface area contributed by atoms with E-state index in [1.54, 1.807) is 24.3 Å². The van der Waals surface area contributed by atoms with Gasteiger partial charge in [-0.15, -0.1) is 10.2 Å². The van der Waals surface area contributed by atoms with Crippen LogP contribution in [-0.2, 0) is 6.61 Å². The van der Waals surface area contributed by atoms with E-state index in [0.717, 1.165) is 5.65 Å². The zero-order chi connectivity index (χ0) is 12.4. The molecule has 0 unspecified atom stereocenters. The quantitative estimate of drug-likeness (QED) is 0.762. The molecule has 0 spiro atoms. The van der Waals surface area contributed by atoms with E-state index in [4.69, 9.17) is 4.74 Å². The second-order valence-electron chi connectivity index (χ2n) is 3.80. The molecule has 1 N–H and O–H groups in total. The van der Waals surface area contributed by atoms with Crippen molar-refractivity contribution in [1.82, 2.24) is 14.6 Å². The highest BCUT2D eigenvalue weighted by atomic mass is 16.5. The number of phenols is 1. The van der Waals surface area contributed by atoms with Gasteiger partial charge < -0.3 is 9.84 Å². The van der Waals surface area contributed by atoms with Crippen LogP contribution in [0.1, 0.15) is 5.82 Å². The summed E-state index contributed by atoms with van der Waals surface area (Å²) in [5, 5.41) is 17.7. The minimum absolute atomic E-state index is 0.117. The summed E-state index contributed by atoms with van der Waals surface area (Å²) >= 11 is 0. The molecule has 1 aromatic carbocycles. The first kappa shape index (κ1) is 10.6. The number of pyridine rings is 1. The van der Waals surface area contributed by atoms with Gasteiger partial charge >= 0.3 is 0 Å². The normalized spacial score (nSPS) is 10.7. The number of hydrogen-bond acceptors (Lipinski definition) is 4. The second kappa shape index (κ2) is 4.37. The summed E-state index contributed by atoms with van der Waals surface area (Å²) in [6.07, 6.45) is 1.87. The van der Waals surface area contributed by atoms with Crippen molar-refractivity contribution in [2.45, 2.75) is 6.61 Å². The number of benzene rings is 1. The molecule has 0 saturated heterocycles. The van der Waals surface area contributed by atoms with Crippen molar-refractivity contribution in [2.24, 2.45) is 0 Å². The average molecular weight is 241 g/mol. The monoisotopic (exact) mass is 241 g/mol.